The summed E-state index contributed by atoms with van der Waals surface area (Å²) in [6, 6.07) is 8.52. The first-order chi connectivity index (χ1) is 11.6. The van der Waals surface area contributed by atoms with Gasteiger partial charge < -0.3 is 16.0 Å². The molecular formula is C18H28BrIN4O. The number of carbonyl (C=O) groups is 1. The smallest absolute Gasteiger partial charge is 0.221 e. The van der Waals surface area contributed by atoms with Gasteiger partial charge in [0, 0.05) is 43.0 Å². The first kappa shape index (κ1) is 22.2. The van der Waals surface area contributed by atoms with Crippen LogP contribution in [0.25, 0.3) is 0 Å². The molecular weight excluding hydrogens is 495 g/mol. The summed E-state index contributed by atoms with van der Waals surface area (Å²) < 4.78 is 1.12. The Hall–Kier alpha value is -0.830. The van der Waals surface area contributed by atoms with E-state index >= 15 is 0 Å². The summed E-state index contributed by atoms with van der Waals surface area (Å²) in [4.78, 5) is 15.8. The van der Waals surface area contributed by atoms with Crippen molar-refractivity contribution in [3.8, 4) is 0 Å². The van der Waals surface area contributed by atoms with Gasteiger partial charge >= 0.3 is 0 Å². The molecule has 0 atom stereocenters. The van der Waals surface area contributed by atoms with E-state index in [9.17, 15) is 4.79 Å². The van der Waals surface area contributed by atoms with Crippen molar-refractivity contribution in [3.63, 3.8) is 0 Å². The van der Waals surface area contributed by atoms with E-state index in [1.54, 1.807) is 7.05 Å². The highest BCUT2D eigenvalue weighted by molar-refractivity contribution is 14.0. The van der Waals surface area contributed by atoms with Crippen LogP contribution in [-0.2, 0) is 10.2 Å². The lowest BCUT2D eigenvalue weighted by Crippen LogP contribution is -2.42. The van der Waals surface area contributed by atoms with E-state index in [-0.39, 0.29) is 35.3 Å². The van der Waals surface area contributed by atoms with Gasteiger partial charge in [0.25, 0.3) is 0 Å². The predicted octanol–water partition coefficient (Wildman–Crippen LogP) is 3.18. The number of hydrogen-bond acceptors (Lipinski definition) is 2. The highest BCUT2D eigenvalue weighted by Gasteiger charge is 2.44. The van der Waals surface area contributed by atoms with Crippen molar-refractivity contribution < 1.29 is 4.79 Å². The summed E-state index contributed by atoms with van der Waals surface area (Å²) in [5.74, 6) is 0.826. The molecule has 1 saturated carbocycles. The van der Waals surface area contributed by atoms with Gasteiger partial charge in [0.05, 0.1) is 0 Å². The van der Waals surface area contributed by atoms with Crippen LogP contribution in [0.15, 0.2) is 33.7 Å². The van der Waals surface area contributed by atoms with E-state index in [0.717, 1.165) is 29.9 Å². The molecule has 0 heterocycles. The third-order valence-electron chi connectivity index (χ3n) is 4.33. The van der Waals surface area contributed by atoms with Crippen LogP contribution in [0.1, 0.15) is 38.2 Å². The zero-order chi connectivity index (χ0) is 17.4. The van der Waals surface area contributed by atoms with Crippen molar-refractivity contribution in [1.29, 1.82) is 0 Å². The molecule has 0 radical (unpaired) electrons. The van der Waals surface area contributed by atoms with E-state index in [4.69, 9.17) is 0 Å². The Morgan fingerprint density at radius 3 is 2.60 bits per heavy atom. The van der Waals surface area contributed by atoms with Gasteiger partial charge in [-0.25, -0.2) is 0 Å². The second-order valence-corrected chi connectivity index (χ2v) is 7.16. The second-order valence-electron chi connectivity index (χ2n) is 6.24. The highest BCUT2D eigenvalue weighted by atomic mass is 127. The second kappa shape index (κ2) is 11.0. The van der Waals surface area contributed by atoms with Crippen molar-refractivity contribution in [1.82, 2.24) is 16.0 Å². The maximum atomic E-state index is 11.6. The molecule has 0 aliphatic heterocycles. The number of benzene rings is 1. The lowest BCUT2D eigenvalue weighted by Gasteiger charge is -2.19. The van der Waals surface area contributed by atoms with Gasteiger partial charge in [-0.2, -0.15) is 0 Å². The molecule has 3 N–H and O–H groups in total. The zero-order valence-corrected chi connectivity index (χ0v) is 18.8. The number of guanidine groups is 1. The van der Waals surface area contributed by atoms with E-state index in [0.29, 0.717) is 13.0 Å². The summed E-state index contributed by atoms with van der Waals surface area (Å²) in [7, 11) is 1.76. The van der Waals surface area contributed by atoms with Crippen LogP contribution >= 0.6 is 39.9 Å². The van der Waals surface area contributed by atoms with E-state index in [2.05, 4.69) is 61.1 Å². The topological polar surface area (TPSA) is 65.5 Å². The average Bonchev–Trinajstić information content (AvgIpc) is 3.37. The van der Waals surface area contributed by atoms with E-state index < -0.39 is 0 Å². The molecule has 1 fully saturated rings. The molecule has 25 heavy (non-hydrogen) atoms. The SMILES string of the molecule is CCCNC(=O)CCNC(=NC)NCC1(c2cccc(Br)c2)CC1.I. The Labute approximate surface area is 176 Å². The number of nitrogens with zero attached hydrogens (tertiary/aromatic N) is 1. The molecule has 2 rings (SSSR count). The van der Waals surface area contributed by atoms with Crippen molar-refractivity contribution in [2.45, 2.75) is 38.0 Å². The van der Waals surface area contributed by atoms with Gasteiger partial charge in [-0.05, 0) is 37.0 Å². The Morgan fingerprint density at radius 1 is 1.24 bits per heavy atom. The lowest BCUT2D eigenvalue weighted by molar-refractivity contribution is -0.120. The number of aliphatic imine (C=N–C) groups is 1. The monoisotopic (exact) mass is 522 g/mol. The Balaban J connectivity index is 0.00000312. The maximum absolute atomic E-state index is 11.6. The standard InChI is InChI=1S/C18H27BrN4O.HI/c1-3-10-21-16(24)7-11-22-17(20-2)23-13-18(8-9-18)14-5-4-6-15(19)12-14;/h4-6,12H,3,7-11,13H2,1-2H3,(H,21,24)(H2,20,22,23);1H. The molecule has 1 aliphatic carbocycles. The zero-order valence-electron chi connectivity index (χ0n) is 14.9. The van der Waals surface area contributed by atoms with Crippen LogP contribution in [0.3, 0.4) is 0 Å². The molecule has 1 amide bonds. The van der Waals surface area contributed by atoms with Gasteiger partial charge in [0.1, 0.15) is 0 Å². The summed E-state index contributed by atoms with van der Waals surface area (Å²) in [6.45, 7) is 4.22. The normalized spacial score (nSPS) is 15.1. The number of nitrogens with one attached hydrogen (secondary N) is 3. The van der Waals surface area contributed by atoms with Crippen molar-refractivity contribution >= 4 is 51.8 Å². The van der Waals surface area contributed by atoms with Crippen molar-refractivity contribution in [2.24, 2.45) is 4.99 Å². The minimum atomic E-state index is 0. The highest BCUT2D eigenvalue weighted by Crippen LogP contribution is 2.48. The number of amides is 1. The van der Waals surface area contributed by atoms with Crippen molar-refractivity contribution in [3.05, 3.63) is 34.3 Å². The Bertz CT molecular complexity index is 590. The Kier molecular flexibility index (Phi) is 9.78. The molecule has 1 aromatic carbocycles. The van der Waals surface area contributed by atoms with Crippen LogP contribution < -0.4 is 16.0 Å². The van der Waals surface area contributed by atoms with Crippen LogP contribution in [0.5, 0.6) is 0 Å². The fourth-order valence-corrected chi connectivity index (χ4v) is 3.06. The van der Waals surface area contributed by atoms with Gasteiger partial charge in [0.15, 0.2) is 5.96 Å². The van der Waals surface area contributed by atoms with Gasteiger partial charge in [0.2, 0.25) is 5.91 Å². The average molecular weight is 523 g/mol. The molecule has 140 valence electrons. The molecule has 1 aromatic rings. The first-order valence-corrected chi connectivity index (χ1v) is 9.36. The van der Waals surface area contributed by atoms with E-state index in [1.807, 2.05) is 6.92 Å². The summed E-state index contributed by atoms with van der Waals surface area (Å²) in [5, 5.41) is 9.48. The minimum absolute atomic E-state index is 0. The van der Waals surface area contributed by atoms with Crippen LogP contribution in [0.2, 0.25) is 0 Å². The molecule has 0 unspecified atom stereocenters. The summed E-state index contributed by atoms with van der Waals surface area (Å²) in [6.07, 6.45) is 3.79. The van der Waals surface area contributed by atoms with Crippen LogP contribution in [-0.4, -0.2) is 38.5 Å². The van der Waals surface area contributed by atoms with Crippen LogP contribution in [0.4, 0.5) is 0 Å². The van der Waals surface area contributed by atoms with Crippen molar-refractivity contribution in [2.75, 3.05) is 26.7 Å². The third kappa shape index (κ3) is 7.13. The number of halogens is 2. The quantitative estimate of drug-likeness (QED) is 0.279. The van der Waals surface area contributed by atoms with E-state index in [1.165, 1.54) is 18.4 Å². The maximum Gasteiger partial charge on any atom is 0.221 e. The lowest BCUT2D eigenvalue weighted by atomic mass is 9.96. The number of hydrogen-bond donors (Lipinski definition) is 3. The molecule has 1 aliphatic rings. The predicted molar refractivity (Wildman–Crippen MR) is 118 cm³/mol. The van der Waals surface area contributed by atoms with Gasteiger partial charge in [-0.15, -0.1) is 24.0 Å². The summed E-state index contributed by atoms with van der Waals surface area (Å²) >= 11 is 3.55. The van der Waals surface area contributed by atoms with Crippen LogP contribution in [0, 0.1) is 0 Å². The van der Waals surface area contributed by atoms with Gasteiger partial charge in [-0.1, -0.05) is 35.0 Å². The molecule has 5 nitrogen and oxygen atoms in total. The fraction of sp³-hybridized carbons (Fsp3) is 0.556. The van der Waals surface area contributed by atoms with Gasteiger partial charge in [-0.3, -0.25) is 9.79 Å². The largest absolute Gasteiger partial charge is 0.356 e. The summed E-state index contributed by atoms with van der Waals surface area (Å²) in [5.41, 5.74) is 1.57. The molecule has 0 spiro atoms. The Morgan fingerprint density at radius 2 is 2.00 bits per heavy atom. The molecule has 0 saturated heterocycles. The molecule has 0 bridgehead atoms. The first-order valence-electron chi connectivity index (χ1n) is 8.57. The number of carbonyl (C=O) groups excluding carboxylic acids is 1. The third-order valence-corrected chi connectivity index (χ3v) is 4.82. The fourth-order valence-electron chi connectivity index (χ4n) is 2.66. The minimum Gasteiger partial charge on any atom is -0.356 e. The molecule has 0 aromatic heterocycles. The number of rotatable bonds is 8. The molecule has 7 heteroatoms.